The molecule has 0 bridgehead atoms. The molecule has 1 saturated heterocycles. The molecule has 32 heavy (non-hydrogen) atoms. The summed E-state index contributed by atoms with van der Waals surface area (Å²) in [7, 11) is 0. The number of anilines is 1. The van der Waals surface area contributed by atoms with Crippen LogP contribution in [0.25, 0.3) is 27.8 Å². The zero-order valence-corrected chi connectivity index (χ0v) is 17.5. The van der Waals surface area contributed by atoms with Crippen molar-refractivity contribution in [2.45, 2.75) is 13.0 Å². The Bertz CT molecular complexity index is 1320. The van der Waals surface area contributed by atoms with Gasteiger partial charge in [-0.2, -0.15) is 0 Å². The van der Waals surface area contributed by atoms with Crippen LogP contribution in [0.3, 0.4) is 0 Å². The fraction of sp³-hybridized carbons (Fsp3) is 0.208. The SMILES string of the molecule is C[C@H]1CNCCN1c1nccc2c1c(-c1ccccc1F)cn2-c1cc(C(=O)O)ccn1. The Hall–Kier alpha value is -3.78. The van der Waals surface area contributed by atoms with E-state index in [1.54, 1.807) is 24.4 Å². The second-order valence-corrected chi connectivity index (χ2v) is 7.88. The van der Waals surface area contributed by atoms with Gasteiger partial charge in [0.2, 0.25) is 0 Å². The minimum atomic E-state index is -1.03. The number of nitrogens with zero attached hydrogens (tertiary/aromatic N) is 4. The number of aromatic nitrogens is 3. The van der Waals surface area contributed by atoms with E-state index in [4.69, 9.17) is 4.98 Å². The Balaban J connectivity index is 1.80. The van der Waals surface area contributed by atoms with Crippen LogP contribution in [-0.2, 0) is 0 Å². The van der Waals surface area contributed by atoms with Crippen LogP contribution in [0.15, 0.2) is 61.1 Å². The Kier molecular flexibility index (Phi) is 5.07. The molecular weight excluding hydrogens is 409 g/mol. The van der Waals surface area contributed by atoms with E-state index >= 15 is 0 Å². The van der Waals surface area contributed by atoms with E-state index in [-0.39, 0.29) is 17.4 Å². The van der Waals surface area contributed by atoms with Crippen molar-refractivity contribution in [1.29, 1.82) is 0 Å². The summed E-state index contributed by atoms with van der Waals surface area (Å²) in [5, 5.41) is 13.6. The maximum absolute atomic E-state index is 14.9. The van der Waals surface area contributed by atoms with Crippen molar-refractivity contribution in [3.05, 3.63) is 72.4 Å². The zero-order valence-electron chi connectivity index (χ0n) is 17.5. The van der Waals surface area contributed by atoms with Crippen molar-refractivity contribution in [2.75, 3.05) is 24.5 Å². The third-order valence-corrected chi connectivity index (χ3v) is 5.87. The highest BCUT2D eigenvalue weighted by Crippen LogP contribution is 2.39. The number of piperazine rings is 1. The van der Waals surface area contributed by atoms with Gasteiger partial charge in [0.25, 0.3) is 0 Å². The largest absolute Gasteiger partial charge is 0.478 e. The van der Waals surface area contributed by atoms with Gasteiger partial charge >= 0.3 is 5.97 Å². The van der Waals surface area contributed by atoms with Gasteiger partial charge in [0.1, 0.15) is 17.5 Å². The van der Waals surface area contributed by atoms with Gasteiger partial charge in [-0.25, -0.2) is 19.2 Å². The molecule has 0 spiro atoms. The first-order valence-corrected chi connectivity index (χ1v) is 10.5. The summed E-state index contributed by atoms with van der Waals surface area (Å²) in [5.41, 5.74) is 2.07. The van der Waals surface area contributed by atoms with E-state index < -0.39 is 5.97 Å². The summed E-state index contributed by atoms with van der Waals surface area (Å²) >= 11 is 0. The third kappa shape index (κ3) is 3.38. The number of halogens is 1. The first-order chi connectivity index (χ1) is 15.5. The van der Waals surface area contributed by atoms with E-state index in [9.17, 15) is 14.3 Å². The summed E-state index contributed by atoms with van der Waals surface area (Å²) in [6.07, 6.45) is 5.01. The van der Waals surface area contributed by atoms with Crippen LogP contribution in [0, 0.1) is 5.82 Å². The predicted molar refractivity (Wildman–Crippen MR) is 121 cm³/mol. The molecule has 162 valence electrons. The lowest BCUT2D eigenvalue weighted by atomic mass is 10.0. The summed E-state index contributed by atoms with van der Waals surface area (Å²) in [6, 6.07) is 11.7. The lowest BCUT2D eigenvalue weighted by molar-refractivity contribution is 0.0696. The minimum absolute atomic E-state index is 0.134. The molecule has 0 aliphatic carbocycles. The molecule has 0 saturated carbocycles. The van der Waals surface area contributed by atoms with E-state index in [1.807, 2.05) is 16.8 Å². The fourth-order valence-electron chi connectivity index (χ4n) is 4.29. The molecule has 1 aliphatic heterocycles. The second kappa shape index (κ2) is 8.05. The lowest BCUT2D eigenvalue weighted by Gasteiger charge is -2.35. The molecule has 0 unspecified atom stereocenters. The lowest BCUT2D eigenvalue weighted by Crippen LogP contribution is -2.50. The molecule has 1 aromatic carbocycles. The molecule has 0 amide bonds. The number of aromatic carboxylic acids is 1. The number of benzene rings is 1. The number of fused-ring (bicyclic) bond motifs is 1. The quantitative estimate of drug-likeness (QED) is 0.512. The van der Waals surface area contributed by atoms with Crippen molar-refractivity contribution < 1.29 is 14.3 Å². The Labute approximate surface area is 184 Å². The number of nitrogens with one attached hydrogen (secondary N) is 1. The van der Waals surface area contributed by atoms with Gasteiger partial charge in [-0.05, 0) is 31.2 Å². The van der Waals surface area contributed by atoms with E-state index in [0.717, 1.165) is 36.4 Å². The van der Waals surface area contributed by atoms with Crippen molar-refractivity contribution in [3.63, 3.8) is 0 Å². The van der Waals surface area contributed by atoms with Gasteiger partial charge in [0.15, 0.2) is 0 Å². The fourth-order valence-corrected chi connectivity index (χ4v) is 4.29. The normalized spacial score (nSPS) is 16.4. The smallest absolute Gasteiger partial charge is 0.335 e. The summed E-state index contributed by atoms with van der Waals surface area (Å²) in [4.78, 5) is 22.8. The maximum Gasteiger partial charge on any atom is 0.335 e. The molecule has 7 nitrogen and oxygen atoms in total. The number of hydrogen-bond donors (Lipinski definition) is 2. The monoisotopic (exact) mass is 431 g/mol. The number of pyridine rings is 2. The number of carbonyl (C=O) groups is 1. The molecular formula is C24H22FN5O2. The molecule has 8 heteroatoms. The summed E-state index contributed by atoms with van der Waals surface area (Å²) in [6.45, 7) is 4.57. The average Bonchev–Trinajstić information content (AvgIpc) is 3.20. The molecule has 0 radical (unpaired) electrons. The van der Waals surface area contributed by atoms with Crippen LogP contribution in [0.2, 0.25) is 0 Å². The van der Waals surface area contributed by atoms with Crippen molar-refractivity contribution >= 4 is 22.7 Å². The van der Waals surface area contributed by atoms with Crippen LogP contribution in [0.4, 0.5) is 10.2 Å². The molecule has 2 N–H and O–H groups in total. The maximum atomic E-state index is 14.9. The molecule has 1 aliphatic rings. The molecule has 5 rings (SSSR count). The van der Waals surface area contributed by atoms with Crippen molar-refractivity contribution in [3.8, 4) is 16.9 Å². The standard InChI is InChI=1S/C24H22FN5O2/c1-15-13-26-10-11-29(15)23-22-18(17-4-2-3-5-19(17)25)14-30(20(22)7-9-28-23)21-12-16(24(31)32)6-8-27-21/h2-9,12,14-15,26H,10-11,13H2,1H3,(H,31,32)/t15-/m0/s1. The van der Waals surface area contributed by atoms with Crippen LogP contribution < -0.4 is 10.2 Å². The summed E-state index contributed by atoms with van der Waals surface area (Å²) in [5.74, 6) is -0.135. The van der Waals surface area contributed by atoms with Crippen LogP contribution in [-0.4, -0.2) is 51.3 Å². The Morgan fingerprint density at radius 3 is 2.75 bits per heavy atom. The molecule has 1 atom stereocenters. The van der Waals surface area contributed by atoms with Crippen LogP contribution >= 0.6 is 0 Å². The van der Waals surface area contributed by atoms with Gasteiger partial charge in [0, 0.05) is 55.4 Å². The van der Waals surface area contributed by atoms with Gasteiger partial charge in [0.05, 0.1) is 16.5 Å². The average molecular weight is 431 g/mol. The van der Waals surface area contributed by atoms with Gasteiger partial charge in [-0.1, -0.05) is 18.2 Å². The second-order valence-electron chi connectivity index (χ2n) is 7.88. The number of carboxylic acids is 1. The zero-order chi connectivity index (χ0) is 22.2. The molecule has 1 fully saturated rings. The molecule has 4 aromatic rings. The third-order valence-electron chi connectivity index (χ3n) is 5.87. The van der Waals surface area contributed by atoms with Crippen molar-refractivity contribution in [2.24, 2.45) is 0 Å². The Morgan fingerprint density at radius 2 is 1.97 bits per heavy atom. The number of rotatable bonds is 4. The molecule has 3 aromatic heterocycles. The van der Waals surface area contributed by atoms with Gasteiger partial charge < -0.3 is 19.9 Å². The highest BCUT2D eigenvalue weighted by atomic mass is 19.1. The minimum Gasteiger partial charge on any atom is -0.478 e. The van der Waals surface area contributed by atoms with Crippen molar-refractivity contribution in [1.82, 2.24) is 19.9 Å². The number of carboxylic acid groups (broad SMARTS) is 1. The highest BCUT2D eigenvalue weighted by molar-refractivity contribution is 6.04. The van der Waals surface area contributed by atoms with Crippen LogP contribution in [0.1, 0.15) is 17.3 Å². The van der Waals surface area contributed by atoms with Gasteiger partial charge in [-0.15, -0.1) is 0 Å². The van der Waals surface area contributed by atoms with E-state index in [1.165, 1.54) is 24.4 Å². The number of hydrogen-bond acceptors (Lipinski definition) is 5. The predicted octanol–water partition coefficient (Wildman–Crippen LogP) is 3.72. The van der Waals surface area contributed by atoms with Crippen LogP contribution in [0.5, 0.6) is 0 Å². The first kappa shape index (κ1) is 20.1. The summed E-state index contributed by atoms with van der Waals surface area (Å²) < 4.78 is 16.7. The molecule has 4 heterocycles. The van der Waals surface area contributed by atoms with Gasteiger partial charge in [-0.3, -0.25) is 0 Å². The van der Waals surface area contributed by atoms with E-state index in [2.05, 4.69) is 22.1 Å². The first-order valence-electron chi connectivity index (χ1n) is 10.5. The highest BCUT2D eigenvalue weighted by Gasteiger charge is 2.25. The van der Waals surface area contributed by atoms with E-state index in [0.29, 0.717) is 16.9 Å². The Morgan fingerprint density at radius 1 is 1.16 bits per heavy atom. The topological polar surface area (TPSA) is 83.3 Å².